The zero-order chi connectivity index (χ0) is 27.0. The highest BCUT2D eigenvalue weighted by atomic mass is 32.2. The van der Waals surface area contributed by atoms with Crippen molar-refractivity contribution in [2.24, 2.45) is 0 Å². The predicted octanol–water partition coefficient (Wildman–Crippen LogP) is 2.56. The quantitative estimate of drug-likeness (QED) is 0.412. The van der Waals surface area contributed by atoms with Crippen LogP contribution in [-0.2, 0) is 21.1 Å². The van der Waals surface area contributed by atoms with Gasteiger partial charge in [0.05, 0.1) is 23.1 Å². The van der Waals surface area contributed by atoms with Crippen molar-refractivity contribution in [1.29, 1.82) is 0 Å². The molecule has 0 aromatic heterocycles. The zero-order valence-corrected chi connectivity index (χ0v) is 22.7. The number of benzene rings is 2. The molecule has 1 aliphatic rings. The van der Waals surface area contributed by atoms with Crippen molar-refractivity contribution in [2.45, 2.75) is 74.6 Å². The highest BCUT2D eigenvalue weighted by Gasteiger charge is 2.28. The molecule has 0 unspecified atom stereocenters. The van der Waals surface area contributed by atoms with Crippen LogP contribution in [0.4, 0.5) is 0 Å². The number of carbonyl (C=O) groups is 2. The van der Waals surface area contributed by atoms with Crippen LogP contribution in [-0.4, -0.2) is 74.3 Å². The SMILES string of the molecule is C[C@@H](C(=O)NC1CCCCC1)N(C)C[C@@H](O)[C@H](Cc1ccccc1)NC(=O)c1cccc(S(C)(=O)=O)c1. The van der Waals surface area contributed by atoms with Crippen molar-refractivity contribution in [1.82, 2.24) is 15.5 Å². The Morgan fingerprint density at radius 2 is 1.73 bits per heavy atom. The smallest absolute Gasteiger partial charge is 0.251 e. The van der Waals surface area contributed by atoms with Gasteiger partial charge in [0.25, 0.3) is 5.91 Å². The molecule has 8 nitrogen and oxygen atoms in total. The number of hydrogen-bond acceptors (Lipinski definition) is 6. The number of aliphatic hydroxyl groups excluding tert-OH is 1. The van der Waals surface area contributed by atoms with Crippen molar-refractivity contribution < 1.29 is 23.1 Å². The van der Waals surface area contributed by atoms with Gasteiger partial charge in [0.2, 0.25) is 5.91 Å². The summed E-state index contributed by atoms with van der Waals surface area (Å²) in [5.74, 6) is -0.543. The summed E-state index contributed by atoms with van der Waals surface area (Å²) in [6, 6.07) is 14.4. The van der Waals surface area contributed by atoms with E-state index in [0.29, 0.717) is 6.42 Å². The Bertz CT molecular complexity index is 1150. The summed E-state index contributed by atoms with van der Waals surface area (Å²) in [7, 11) is -1.69. The third kappa shape index (κ3) is 8.66. The van der Waals surface area contributed by atoms with Crippen LogP contribution >= 0.6 is 0 Å². The van der Waals surface area contributed by atoms with E-state index in [-0.39, 0.29) is 29.0 Å². The average molecular weight is 530 g/mol. The van der Waals surface area contributed by atoms with E-state index in [2.05, 4.69) is 10.6 Å². The Hall–Kier alpha value is -2.75. The highest BCUT2D eigenvalue weighted by Crippen LogP contribution is 2.18. The molecular formula is C28H39N3O5S. The molecule has 0 bridgehead atoms. The molecule has 3 rings (SSSR count). The number of carbonyl (C=O) groups excluding carboxylic acids is 2. The average Bonchev–Trinajstić information content (AvgIpc) is 2.88. The second kappa shape index (κ2) is 13.2. The maximum Gasteiger partial charge on any atom is 0.251 e. The molecule has 0 radical (unpaired) electrons. The van der Waals surface area contributed by atoms with Crippen LogP contribution in [0.2, 0.25) is 0 Å². The molecule has 0 heterocycles. The molecule has 0 aliphatic heterocycles. The van der Waals surface area contributed by atoms with Crippen LogP contribution in [0.25, 0.3) is 0 Å². The summed E-state index contributed by atoms with van der Waals surface area (Å²) in [6.07, 6.45) is 5.94. The second-order valence-corrected chi connectivity index (χ2v) is 12.1. The van der Waals surface area contributed by atoms with Gasteiger partial charge in [-0.05, 0) is 57.0 Å². The lowest BCUT2D eigenvalue weighted by molar-refractivity contribution is -0.126. The standard InChI is InChI=1S/C28H39N3O5S/c1-20(27(33)29-23-14-8-5-9-15-23)31(2)19-26(32)25(17-21-11-6-4-7-12-21)30-28(34)22-13-10-16-24(18-22)37(3,35)36/h4,6-7,10-13,16,18,20,23,25-26,32H,5,8-9,14-15,17,19H2,1-3H3,(H,29,33)(H,30,34)/t20-,25-,26+/m0/s1. The third-order valence-corrected chi connectivity index (χ3v) is 8.18. The van der Waals surface area contributed by atoms with E-state index in [9.17, 15) is 23.1 Å². The summed E-state index contributed by atoms with van der Waals surface area (Å²) >= 11 is 0. The summed E-state index contributed by atoms with van der Waals surface area (Å²) in [6.45, 7) is 1.98. The Labute approximate surface area is 220 Å². The number of nitrogens with zero attached hydrogens (tertiary/aromatic N) is 1. The van der Waals surface area contributed by atoms with E-state index in [1.54, 1.807) is 18.0 Å². The van der Waals surface area contributed by atoms with Gasteiger partial charge in [-0.3, -0.25) is 14.5 Å². The molecule has 1 fully saturated rings. The molecule has 3 atom stereocenters. The molecule has 37 heavy (non-hydrogen) atoms. The van der Waals surface area contributed by atoms with Gasteiger partial charge in [-0.25, -0.2) is 8.42 Å². The first-order valence-electron chi connectivity index (χ1n) is 12.9. The van der Waals surface area contributed by atoms with Gasteiger partial charge in [-0.15, -0.1) is 0 Å². The van der Waals surface area contributed by atoms with Gasteiger partial charge >= 0.3 is 0 Å². The molecule has 9 heteroatoms. The maximum absolute atomic E-state index is 13.1. The molecule has 0 spiro atoms. The van der Waals surface area contributed by atoms with Crippen molar-refractivity contribution >= 4 is 21.7 Å². The van der Waals surface area contributed by atoms with Gasteiger partial charge < -0.3 is 15.7 Å². The Morgan fingerprint density at radius 3 is 2.38 bits per heavy atom. The predicted molar refractivity (Wildman–Crippen MR) is 144 cm³/mol. The molecule has 1 saturated carbocycles. The normalized spacial score (nSPS) is 17.1. The van der Waals surface area contributed by atoms with Crippen molar-refractivity contribution in [3.63, 3.8) is 0 Å². The maximum atomic E-state index is 13.1. The molecule has 2 amide bonds. The first-order chi connectivity index (χ1) is 17.5. The monoisotopic (exact) mass is 529 g/mol. The van der Waals surface area contributed by atoms with Crippen molar-refractivity contribution in [3.8, 4) is 0 Å². The number of nitrogens with one attached hydrogen (secondary N) is 2. The lowest BCUT2D eigenvalue weighted by Crippen LogP contribution is -2.53. The van der Waals surface area contributed by atoms with Crippen molar-refractivity contribution in [3.05, 3.63) is 65.7 Å². The van der Waals surface area contributed by atoms with Gasteiger partial charge in [0.1, 0.15) is 0 Å². The van der Waals surface area contributed by atoms with Gasteiger partial charge in [-0.1, -0.05) is 55.7 Å². The number of hydrogen-bond donors (Lipinski definition) is 3. The lowest BCUT2D eigenvalue weighted by Gasteiger charge is -2.32. The minimum atomic E-state index is -3.47. The summed E-state index contributed by atoms with van der Waals surface area (Å²) < 4.78 is 23.9. The number of amides is 2. The third-order valence-electron chi connectivity index (χ3n) is 7.07. The van der Waals surface area contributed by atoms with Crippen LogP contribution in [0.5, 0.6) is 0 Å². The second-order valence-electron chi connectivity index (χ2n) is 10.1. The van der Waals surface area contributed by atoms with E-state index in [1.807, 2.05) is 37.3 Å². The van der Waals surface area contributed by atoms with Crippen LogP contribution in [0.1, 0.15) is 54.9 Å². The fourth-order valence-corrected chi connectivity index (χ4v) is 5.29. The van der Waals surface area contributed by atoms with Gasteiger partial charge in [0.15, 0.2) is 9.84 Å². The summed E-state index contributed by atoms with van der Waals surface area (Å²) in [4.78, 5) is 27.7. The van der Waals surface area contributed by atoms with Gasteiger partial charge in [0, 0.05) is 24.4 Å². The largest absolute Gasteiger partial charge is 0.390 e. The van der Waals surface area contributed by atoms with Crippen molar-refractivity contribution in [2.75, 3.05) is 19.8 Å². The first kappa shape index (κ1) is 28.8. The first-order valence-corrected chi connectivity index (χ1v) is 14.8. The fraction of sp³-hybridized carbons (Fsp3) is 0.500. The van der Waals surface area contributed by atoms with Crippen LogP contribution < -0.4 is 10.6 Å². The van der Waals surface area contributed by atoms with E-state index >= 15 is 0 Å². The molecule has 1 aliphatic carbocycles. The number of aliphatic hydroxyl groups is 1. The van der Waals surface area contributed by atoms with E-state index in [0.717, 1.165) is 37.5 Å². The lowest BCUT2D eigenvalue weighted by atomic mass is 9.95. The van der Waals surface area contributed by atoms with Crippen LogP contribution in [0.15, 0.2) is 59.5 Å². The minimum absolute atomic E-state index is 0.0536. The summed E-state index contributed by atoms with van der Waals surface area (Å²) in [5, 5.41) is 17.2. The van der Waals surface area contributed by atoms with E-state index in [1.165, 1.54) is 24.6 Å². The zero-order valence-electron chi connectivity index (χ0n) is 21.9. The topological polar surface area (TPSA) is 116 Å². The van der Waals surface area contributed by atoms with E-state index < -0.39 is 33.9 Å². The highest BCUT2D eigenvalue weighted by molar-refractivity contribution is 7.90. The van der Waals surface area contributed by atoms with Gasteiger partial charge in [-0.2, -0.15) is 0 Å². The fourth-order valence-electron chi connectivity index (χ4n) is 4.62. The summed E-state index contributed by atoms with van der Waals surface area (Å²) in [5.41, 5.74) is 1.13. The molecule has 2 aromatic rings. The Balaban J connectivity index is 1.70. The molecule has 2 aromatic carbocycles. The molecular weight excluding hydrogens is 490 g/mol. The number of likely N-dealkylation sites (N-methyl/N-ethyl adjacent to an activating group) is 1. The molecule has 0 saturated heterocycles. The van der Waals surface area contributed by atoms with Crippen LogP contribution in [0, 0.1) is 0 Å². The van der Waals surface area contributed by atoms with E-state index in [4.69, 9.17) is 0 Å². The number of rotatable bonds is 11. The Morgan fingerprint density at radius 1 is 1.05 bits per heavy atom. The molecule has 202 valence electrons. The Kier molecular flexibility index (Phi) is 10.3. The number of sulfone groups is 1. The van der Waals surface area contributed by atoms with Crippen LogP contribution in [0.3, 0.4) is 0 Å². The molecule has 3 N–H and O–H groups in total. The minimum Gasteiger partial charge on any atom is -0.390 e.